The molecule has 1 amide bonds. The second-order valence-electron chi connectivity index (χ2n) is 4.39. The van der Waals surface area contributed by atoms with Crippen LogP contribution in [0.15, 0.2) is 18.3 Å². The molecule has 0 fully saturated rings. The van der Waals surface area contributed by atoms with Gasteiger partial charge in [0, 0.05) is 32.1 Å². The van der Waals surface area contributed by atoms with Crippen molar-refractivity contribution in [3.8, 4) is 0 Å². The number of anilines is 1. The number of carbonyl (C=O) groups excluding carboxylic acids is 1. The van der Waals surface area contributed by atoms with Gasteiger partial charge in [0.15, 0.2) is 0 Å². The zero-order valence-corrected chi connectivity index (χ0v) is 12.3. The minimum absolute atomic E-state index is 0.0461. The summed E-state index contributed by atoms with van der Waals surface area (Å²) in [4.78, 5) is 18.0. The van der Waals surface area contributed by atoms with Gasteiger partial charge in [-0.15, -0.1) is 0 Å². The van der Waals surface area contributed by atoms with Gasteiger partial charge >= 0.3 is 0 Å². The maximum atomic E-state index is 12.2. The van der Waals surface area contributed by atoms with E-state index >= 15 is 0 Å². The van der Waals surface area contributed by atoms with Crippen LogP contribution in [-0.4, -0.2) is 60.4 Å². The highest BCUT2D eigenvalue weighted by atomic mass is 16.5. The molecule has 0 aliphatic rings. The number of aliphatic hydroxyl groups is 1. The van der Waals surface area contributed by atoms with Crippen LogP contribution in [0.3, 0.4) is 0 Å². The predicted octanol–water partition coefficient (Wildman–Crippen LogP) is 0.983. The van der Waals surface area contributed by atoms with E-state index in [1.807, 2.05) is 13.8 Å². The number of methoxy groups -OCH3 is 1. The first-order valence-electron chi connectivity index (χ1n) is 6.77. The minimum Gasteiger partial charge on any atom is -0.394 e. The van der Waals surface area contributed by atoms with Crippen LogP contribution in [0.2, 0.25) is 0 Å². The number of hydrogen-bond acceptors (Lipinski definition) is 5. The quantitative estimate of drug-likeness (QED) is 0.743. The molecule has 1 unspecified atom stereocenters. The van der Waals surface area contributed by atoms with Crippen molar-refractivity contribution in [3.63, 3.8) is 0 Å². The Bertz CT molecular complexity index is 422. The van der Waals surface area contributed by atoms with Crippen LogP contribution < -0.4 is 5.32 Å². The maximum Gasteiger partial charge on any atom is 0.272 e. The standard InChI is InChI=1S/C14H23N3O3/c1-4-17(5-2)14(19)13-8-11(6-7-15-13)16-12(9-18)10-20-3/h6-8,12,18H,4-5,9-10H2,1-3H3,(H,15,16). The largest absolute Gasteiger partial charge is 0.394 e. The molecule has 1 aromatic heterocycles. The molecule has 2 N–H and O–H groups in total. The molecule has 1 aromatic rings. The smallest absolute Gasteiger partial charge is 0.272 e. The van der Waals surface area contributed by atoms with Gasteiger partial charge in [-0.25, -0.2) is 0 Å². The van der Waals surface area contributed by atoms with Crippen molar-refractivity contribution in [1.82, 2.24) is 9.88 Å². The van der Waals surface area contributed by atoms with E-state index in [4.69, 9.17) is 4.74 Å². The minimum atomic E-state index is -0.209. The van der Waals surface area contributed by atoms with Gasteiger partial charge in [-0.2, -0.15) is 0 Å². The summed E-state index contributed by atoms with van der Waals surface area (Å²) in [5.74, 6) is -0.0917. The van der Waals surface area contributed by atoms with E-state index in [1.54, 1.807) is 30.3 Å². The fourth-order valence-electron chi connectivity index (χ4n) is 1.89. The third-order valence-corrected chi connectivity index (χ3v) is 2.99. The topological polar surface area (TPSA) is 74.7 Å². The molecular weight excluding hydrogens is 258 g/mol. The SMILES string of the molecule is CCN(CC)C(=O)c1cc(NC(CO)COC)ccn1. The number of carbonyl (C=O) groups is 1. The molecule has 0 aromatic carbocycles. The second kappa shape index (κ2) is 8.50. The van der Waals surface area contributed by atoms with Crippen molar-refractivity contribution < 1.29 is 14.6 Å². The molecule has 0 aliphatic heterocycles. The van der Waals surface area contributed by atoms with Crippen molar-refractivity contribution >= 4 is 11.6 Å². The normalized spacial score (nSPS) is 12.0. The zero-order chi connectivity index (χ0) is 15.0. The predicted molar refractivity (Wildman–Crippen MR) is 77.9 cm³/mol. The molecule has 1 heterocycles. The molecule has 6 nitrogen and oxygen atoms in total. The lowest BCUT2D eigenvalue weighted by atomic mass is 10.2. The van der Waals surface area contributed by atoms with Crippen molar-refractivity contribution in [2.45, 2.75) is 19.9 Å². The van der Waals surface area contributed by atoms with Crippen LogP contribution in [0.1, 0.15) is 24.3 Å². The Morgan fingerprint density at radius 3 is 2.75 bits per heavy atom. The molecule has 0 saturated carbocycles. The second-order valence-corrected chi connectivity index (χ2v) is 4.39. The highest BCUT2D eigenvalue weighted by Crippen LogP contribution is 2.11. The van der Waals surface area contributed by atoms with Gasteiger partial charge in [0.2, 0.25) is 0 Å². The number of hydrogen-bond donors (Lipinski definition) is 2. The third kappa shape index (κ3) is 4.47. The number of aliphatic hydroxyl groups excluding tert-OH is 1. The van der Waals surface area contributed by atoms with Crippen LogP contribution in [0.4, 0.5) is 5.69 Å². The van der Waals surface area contributed by atoms with Crippen molar-refractivity contribution in [3.05, 3.63) is 24.0 Å². The molecule has 0 saturated heterocycles. The molecular formula is C14H23N3O3. The number of ether oxygens (including phenoxy) is 1. The lowest BCUT2D eigenvalue weighted by Gasteiger charge is -2.19. The molecule has 6 heteroatoms. The van der Waals surface area contributed by atoms with E-state index in [-0.39, 0.29) is 18.6 Å². The van der Waals surface area contributed by atoms with Gasteiger partial charge in [0.05, 0.1) is 19.3 Å². The lowest BCUT2D eigenvalue weighted by Crippen LogP contribution is -2.31. The van der Waals surface area contributed by atoms with Gasteiger partial charge in [0.1, 0.15) is 5.69 Å². The van der Waals surface area contributed by atoms with Gasteiger partial charge < -0.3 is 20.1 Å². The first kappa shape index (κ1) is 16.4. The van der Waals surface area contributed by atoms with Crippen LogP contribution in [0, 0.1) is 0 Å². The van der Waals surface area contributed by atoms with E-state index in [1.165, 1.54) is 0 Å². The van der Waals surface area contributed by atoms with E-state index in [0.717, 1.165) is 5.69 Å². The van der Waals surface area contributed by atoms with E-state index in [9.17, 15) is 9.90 Å². The molecule has 0 radical (unpaired) electrons. The Balaban J connectivity index is 2.82. The number of pyridine rings is 1. The average molecular weight is 281 g/mol. The molecule has 1 atom stereocenters. The average Bonchev–Trinajstić information content (AvgIpc) is 2.48. The molecule has 20 heavy (non-hydrogen) atoms. The summed E-state index contributed by atoms with van der Waals surface area (Å²) in [6.07, 6.45) is 1.58. The van der Waals surface area contributed by atoms with Gasteiger partial charge in [-0.3, -0.25) is 9.78 Å². The fourth-order valence-corrected chi connectivity index (χ4v) is 1.89. The molecule has 0 bridgehead atoms. The number of rotatable bonds is 8. The third-order valence-electron chi connectivity index (χ3n) is 2.99. The Hall–Kier alpha value is -1.66. The van der Waals surface area contributed by atoms with Gasteiger partial charge in [0.25, 0.3) is 5.91 Å². The summed E-state index contributed by atoms with van der Waals surface area (Å²) in [5, 5.41) is 12.3. The van der Waals surface area contributed by atoms with Crippen LogP contribution >= 0.6 is 0 Å². The molecule has 0 aliphatic carbocycles. The Morgan fingerprint density at radius 1 is 1.50 bits per heavy atom. The first-order valence-corrected chi connectivity index (χ1v) is 6.77. The number of nitrogens with zero attached hydrogens (tertiary/aromatic N) is 2. The van der Waals surface area contributed by atoms with E-state index in [0.29, 0.717) is 25.4 Å². The van der Waals surface area contributed by atoms with Gasteiger partial charge in [-0.1, -0.05) is 0 Å². The number of nitrogens with one attached hydrogen (secondary N) is 1. The summed E-state index contributed by atoms with van der Waals surface area (Å²) in [6, 6.07) is 3.25. The number of amides is 1. The zero-order valence-electron chi connectivity index (χ0n) is 12.3. The van der Waals surface area contributed by atoms with Crippen LogP contribution in [0.25, 0.3) is 0 Å². The summed E-state index contributed by atoms with van der Waals surface area (Å²) < 4.78 is 5.00. The summed E-state index contributed by atoms with van der Waals surface area (Å²) in [6.45, 7) is 5.51. The summed E-state index contributed by atoms with van der Waals surface area (Å²) >= 11 is 0. The van der Waals surface area contributed by atoms with Crippen LogP contribution in [-0.2, 0) is 4.74 Å². The highest BCUT2D eigenvalue weighted by molar-refractivity contribution is 5.93. The fraction of sp³-hybridized carbons (Fsp3) is 0.571. The van der Waals surface area contributed by atoms with E-state index < -0.39 is 0 Å². The lowest BCUT2D eigenvalue weighted by molar-refractivity contribution is 0.0767. The van der Waals surface area contributed by atoms with Crippen LogP contribution in [0.5, 0.6) is 0 Å². The number of aromatic nitrogens is 1. The monoisotopic (exact) mass is 281 g/mol. The maximum absolute atomic E-state index is 12.2. The molecule has 0 spiro atoms. The molecule has 1 rings (SSSR count). The summed E-state index contributed by atoms with van der Waals surface area (Å²) in [5.41, 5.74) is 1.14. The first-order chi connectivity index (χ1) is 9.65. The van der Waals surface area contributed by atoms with Crippen molar-refractivity contribution in [2.24, 2.45) is 0 Å². The van der Waals surface area contributed by atoms with E-state index in [2.05, 4.69) is 10.3 Å². The van der Waals surface area contributed by atoms with Crippen molar-refractivity contribution in [1.29, 1.82) is 0 Å². The van der Waals surface area contributed by atoms with Gasteiger partial charge in [-0.05, 0) is 26.0 Å². The molecule has 112 valence electrons. The Kier molecular flexibility index (Phi) is 6.97. The summed E-state index contributed by atoms with van der Waals surface area (Å²) in [7, 11) is 1.58. The van der Waals surface area contributed by atoms with Crippen molar-refractivity contribution in [2.75, 3.05) is 38.7 Å². The highest BCUT2D eigenvalue weighted by Gasteiger charge is 2.15. The Labute approximate surface area is 119 Å². The Morgan fingerprint density at radius 2 is 2.20 bits per heavy atom.